The number of nitrogens with one attached hydrogen (secondary N) is 1. The van der Waals surface area contributed by atoms with Crippen molar-refractivity contribution in [3.63, 3.8) is 0 Å². The summed E-state index contributed by atoms with van der Waals surface area (Å²) in [7, 11) is 0. The van der Waals surface area contributed by atoms with Crippen molar-refractivity contribution < 1.29 is 0 Å². The molecule has 0 fully saturated rings. The van der Waals surface area contributed by atoms with Gasteiger partial charge < -0.3 is 4.98 Å². The summed E-state index contributed by atoms with van der Waals surface area (Å²) in [6.45, 7) is 0. The molecule has 10 heavy (non-hydrogen) atoms. The number of H-pyrrole nitrogens is 1. The highest BCUT2D eigenvalue weighted by Gasteiger charge is 1.83. The Morgan fingerprint density at radius 3 is 2.80 bits per heavy atom. The molecule has 0 saturated heterocycles. The molecule has 0 aliphatic heterocycles. The van der Waals surface area contributed by atoms with Crippen LogP contribution in [0.25, 0.3) is 6.08 Å². The summed E-state index contributed by atoms with van der Waals surface area (Å²) >= 11 is 3.13. The van der Waals surface area contributed by atoms with E-state index >= 15 is 0 Å². The first kappa shape index (κ1) is 7.28. The molecule has 1 aromatic rings. The zero-order chi connectivity index (χ0) is 7.40. The third kappa shape index (κ3) is 1.84. The van der Waals surface area contributed by atoms with E-state index in [1.807, 2.05) is 6.08 Å². The lowest BCUT2D eigenvalue weighted by atomic mass is 10.3. The maximum absolute atomic E-state index is 10.5. The predicted molar refractivity (Wildman–Crippen MR) is 45.0 cm³/mol. The van der Waals surface area contributed by atoms with Gasteiger partial charge in [0.1, 0.15) is 0 Å². The minimum atomic E-state index is -0.0771. The van der Waals surface area contributed by atoms with Crippen LogP contribution in [0.15, 0.2) is 28.1 Å². The molecular formula is C7H6BrNO. The molecule has 52 valence electrons. The quantitative estimate of drug-likeness (QED) is 0.735. The second-order valence-electron chi connectivity index (χ2n) is 1.78. The second-order valence-corrected chi connectivity index (χ2v) is 2.31. The molecule has 0 amide bonds. The summed E-state index contributed by atoms with van der Waals surface area (Å²) in [5.74, 6) is 0. The Kier molecular flexibility index (Phi) is 2.45. The molecule has 0 atom stereocenters. The van der Waals surface area contributed by atoms with Gasteiger partial charge in [0.15, 0.2) is 0 Å². The van der Waals surface area contributed by atoms with Crippen LogP contribution in [-0.2, 0) is 0 Å². The Hall–Kier alpha value is -0.830. The van der Waals surface area contributed by atoms with Crippen LogP contribution in [0.1, 0.15) is 5.56 Å². The van der Waals surface area contributed by atoms with E-state index in [-0.39, 0.29) is 5.56 Å². The highest BCUT2D eigenvalue weighted by atomic mass is 79.9. The van der Waals surface area contributed by atoms with Crippen molar-refractivity contribution in [3.8, 4) is 0 Å². The number of aromatic nitrogens is 1. The smallest absolute Gasteiger partial charge is 0.247 e. The Balaban J connectivity index is 3.00. The van der Waals surface area contributed by atoms with Gasteiger partial charge in [-0.25, -0.2) is 0 Å². The Bertz CT molecular complexity index is 269. The lowest BCUT2D eigenvalue weighted by Crippen LogP contribution is -2.00. The number of hydrogen-bond donors (Lipinski definition) is 1. The highest BCUT2D eigenvalue weighted by Crippen LogP contribution is 1.98. The molecule has 0 unspecified atom stereocenters. The van der Waals surface area contributed by atoms with Crippen LogP contribution in [0.5, 0.6) is 0 Å². The first-order valence-electron chi connectivity index (χ1n) is 2.78. The van der Waals surface area contributed by atoms with E-state index in [2.05, 4.69) is 20.9 Å². The average molecular weight is 200 g/mol. The van der Waals surface area contributed by atoms with Gasteiger partial charge in [-0.15, -0.1) is 0 Å². The molecule has 1 aromatic heterocycles. The van der Waals surface area contributed by atoms with Gasteiger partial charge in [-0.1, -0.05) is 15.9 Å². The topological polar surface area (TPSA) is 32.9 Å². The van der Waals surface area contributed by atoms with Gasteiger partial charge in [0, 0.05) is 12.3 Å². The standard InChI is InChI=1S/C7H6BrNO/c8-4-3-6-1-2-7(10)9-5-6/h1-5H,(H,9,10)/b4-3+. The largest absolute Gasteiger partial charge is 0.329 e. The predicted octanol–water partition coefficient (Wildman–Crippen LogP) is 1.74. The first-order chi connectivity index (χ1) is 4.83. The maximum atomic E-state index is 10.5. The second kappa shape index (κ2) is 3.37. The van der Waals surface area contributed by atoms with E-state index in [0.717, 1.165) is 5.56 Å². The van der Waals surface area contributed by atoms with Gasteiger partial charge >= 0.3 is 0 Å². The molecule has 0 bridgehead atoms. The van der Waals surface area contributed by atoms with Crippen molar-refractivity contribution in [2.75, 3.05) is 0 Å². The molecule has 0 saturated carbocycles. The first-order valence-corrected chi connectivity index (χ1v) is 3.70. The van der Waals surface area contributed by atoms with Gasteiger partial charge in [0.2, 0.25) is 5.56 Å². The van der Waals surface area contributed by atoms with Gasteiger partial charge in [0.25, 0.3) is 0 Å². The minimum Gasteiger partial charge on any atom is -0.329 e. The third-order valence-electron chi connectivity index (χ3n) is 1.06. The number of aromatic amines is 1. The molecule has 0 radical (unpaired) electrons. The summed E-state index contributed by atoms with van der Waals surface area (Å²) in [4.78, 5) is 14.8. The van der Waals surface area contributed by atoms with Crippen LogP contribution >= 0.6 is 15.9 Å². The van der Waals surface area contributed by atoms with Crippen molar-refractivity contribution in [3.05, 3.63) is 39.2 Å². The van der Waals surface area contributed by atoms with Gasteiger partial charge in [0.05, 0.1) is 0 Å². The van der Waals surface area contributed by atoms with Crippen LogP contribution in [-0.4, -0.2) is 4.98 Å². The molecule has 0 aromatic carbocycles. The van der Waals surface area contributed by atoms with Crippen molar-refractivity contribution >= 4 is 22.0 Å². The fourth-order valence-electron chi connectivity index (χ4n) is 0.599. The lowest BCUT2D eigenvalue weighted by Gasteiger charge is -1.87. The van der Waals surface area contributed by atoms with E-state index in [0.29, 0.717) is 0 Å². The van der Waals surface area contributed by atoms with E-state index in [1.165, 1.54) is 6.07 Å². The highest BCUT2D eigenvalue weighted by molar-refractivity contribution is 9.11. The maximum Gasteiger partial charge on any atom is 0.247 e. The van der Waals surface area contributed by atoms with Crippen molar-refractivity contribution in [1.82, 2.24) is 4.98 Å². The van der Waals surface area contributed by atoms with E-state index in [4.69, 9.17) is 0 Å². The zero-order valence-corrected chi connectivity index (χ0v) is 6.76. The Labute approximate surface area is 66.7 Å². The fraction of sp³-hybridized carbons (Fsp3) is 0. The molecule has 0 aliphatic carbocycles. The lowest BCUT2D eigenvalue weighted by molar-refractivity contribution is 1.23. The Morgan fingerprint density at radius 1 is 1.50 bits per heavy atom. The summed E-state index contributed by atoms with van der Waals surface area (Å²) in [5, 5.41) is 0. The number of halogens is 1. The van der Waals surface area contributed by atoms with Gasteiger partial charge in [-0.2, -0.15) is 0 Å². The van der Waals surface area contributed by atoms with Crippen molar-refractivity contribution in [2.24, 2.45) is 0 Å². The normalized spacial score (nSPS) is 10.5. The van der Waals surface area contributed by atoms with Gasteiger partial charge in [-0.05, 0) is 22.7 Å². The molecule has 1 rings (SSSR count). The summed E-state index contributed by atoms with van der Waals surface area (Å²) < 4.78 is 0. The monoisotopic (exact) mass is 199 g/mol. The van der Waals surface area contributed by atoms with Crippen molar-refractivity contribution in [2.45, 2.75) is 0 Å². The Morgan fingerprint density at radius 2 is 2.30 bits per heavy atom. The number of rotatable bonds is 1. The average Bonchev–Trinajstić information content (AvgIpc) is 1.95. The van der Waals surface area contributed by atoms with E-state index in [9.17, 15) is 4.79 Å². The third-order valence-corrected chi connectivity index (χ3v) is 1.33. The molecule has 0 spiro atoms. The van der Waals surface area contributed by atoms with Crippen LogP contribution in [0.2, 0.25) is 0 Å². The van der Waals surface area contributed by atoms with Crippen LogP contribution in [0.3, 0.4) is 0 Å². The molecule has 1 heterocycles. The SMILES string of the molecule is O=c1ccc(/C=C/Br)c[nH]1. The van der Waals surface area contributed by atoms with Crippen molar-refractivity contribution in [1.29, 1.82) is 0 Å². The van der Waals surface area contributed by atoms with Crippen LogP contribution < -0.4 is 5.56 Å². The molecule has 3 heteroatoms. The summed E-state index contributed by atoms with van der Waals surface area (Å²) in [6.07, 6.45) is 3.50. The summed E-state index contributed by atoms with van der Waals surface area (Å²) in [5.41, 5.74) is 0.892. The fourth-order valence-corrected chi connectivity index (χ4v) is 0.904. The minimum absolute atomic E-state index is 0.0771. The van der Waals surface area contributed by atoms with Crippen LogP contribution in [0.4, 0.5) is 0 Å². The molecular weight excluding hydrogens is 194 g/mol. The summed E-state index contributed by atoms with van der Waals surface area (Å²) in [6, 6.07) is 3.24. The van der Waals surface area contributed by atoms with Gasteiger partial charge in [-0.3, -0.25) is 4.79 Å². The molecule has 1 N–H and O–H groups in total. The number of hydrogen-bond acceptors (Lipinski definition) is 1. The number of pyridine rings is 1. The zero-order valence-electron chi connectivity index (χ0n) is 5.17. The molecule has 2 nitrogen and oxygen atoms in total. The molecule has 0 aliphatic rings. The van der Waals surface area contributed by atoms with E-state index < -0.39 is 0 Å². The van der Waals surface area contributed by atoms with E-state index in [1.54, 1.807) is 17.2 Å². The van der Waals surface area contributed by atoms with Crippen LogP contribution in [0, 0.1) is 0 Å².